The van der Waals surface area contributed by atoms with Crippen LogP contribution in [0.25, 0.3) is 10.8 Å². The number of fused-ring (bicyclic) bond motifs is 1. The molecule has 0 fully saturated rings. The summed E-state index contributed by atoms with van der Waals surface area (Å²) in [6, 6.07) is 3.48. The number of hydrogen-bond acceptors (Lipinski definition) is 4. The maximum atomic E-state index is 13.6. The van der Waals surface area contributed by atoms with Gasteiger partial charge in [0.1, 0.15) is 4.90 Å². The highest BCUT2D eigenvalue weighted by atomic mass is 79.9. The summed E-state index contributed by atoms with van der Waals surface area (Å²) in [5.41, 5.74) is 0. The first-order valence-electron chi connectivity index (χ1n) is 6.62. The average molecular weight is 454 g/mol. The molecule has 0 spiro atoms. The molecule has 0 saturated heterocycles. The van der Waals surface area contributed by atoms with Crippen LogP contribution in [-0.4, -0.2) is 13.4 Å². The first-order valence-corrected chi connectivity index (χ1v) is 8.83. The van der Waals surface area contributed by atoms with Crippen molar-refractivity contribution in [1.82, 2.24) is 4.98 Å². The second kappa shape index (κ2) is 6.47. The molecule has 0 N–H and O–H groups in total. The number of benzene rings is 2. The maximum absolute atomic E-state index is 13.6. The molecule has 3 rings (SSSR count). The van der Waals surface area contributed by atoms with Crippen LogP contribution in [0.15, 0.2) is 40.0 Å². The van der Waals surface area contributed by atoms with Crippen molar-refractivity contribution in [1.29, 1.82) is 0 Å². The molecule has 0 amide bonds. The lowest BCUT2D eigenvalue weighted by Crippen LogP contribution is -2.14. The molecule has 0 bridgehead atoms. The van der Waals surface area contributed by atoms with Crippen LogP contribution in [0, 0.1) is 29.1 Å². The molecule has 0 atom stereocenters. The van der Waals surface area contributed by atoms with E-state index in [9.17, 15) is 30.4 Å². The number of aromatic nitrogens is 1. The molecule has 0 aliphatic rings. The summed E-state index contributed by atoms with van der Waals surface area (Å²) in [5.74, 6) is -13.8. The van der Waals surface area contributed by atoms with E-state index in [0.717, 1.165) is 12.1 Å². The summed E-state index contributed by atoms with van der Waals surface area (Å²) in [7, 11) is -4.89. The van der Waals surface area contributed by atoms with E-state index >= 15 is 0 Å². The van der Waals surface area contributed by atoms with Crippen LogP contribution in [0.5, 0.6) is 5.75 Å². The second-order valence-electron chi connectivity index (χ2n) is 4.94. The summed E-state index contributed by atoms with van der Waals surface area (Å²) >= 11 is 3.21. The Morgan fingerprint density at radius 1 is 0.885 bits per heavy atom. The Balaban J connectivity index is 2.11. The van der Waals surface area contributed by atoms with Crippen molar-refractivity contribution in [3.63, 3.8) is 0 Å². The van der Waals surface area contributed by atoms with Crippen LogP contribution >= 0.6 is 15.9 Å². The zero-order valence-corrected chi connectivity index (χ0v) is 14.6. The van der Waals surface area contributed by atoms with Gasteiger partial charge in [-0.25, -0.2) is 13.2 Å². The molecule has 3 aromatic rings. The number of pyridine rings is 1. The fraction of sp³-hybridized carbons (Fsp3) is 0. The smallest absolute Gasteiger partial charge is 0.339 e. The maximum Gasteiger partial charge on any atom is 0.339 e. The molecule has 2 aromatic carbocycles. The lowest BCUT2D eigenvalue weighted by atomic mass is 10.2. The van der Waals surface area contributed by atoms with Crippen LogP contribution in [0.4, 0.5) is 22.0 Å². The van der Waals surface area contributed by atoms with Gasteiger partial charge >= 0.3 is 10.1 Å². The predicted molar refractivity (Wildman–Crippen MR) is 83.5 cm³/mol. The highest BCUT2D eigenvalue weighted by molar-refractivity contribution is 9.10. The SMILES string of the molecule is O=S(=O)(Oc1c(F)c(F)c(F)c(F)c1F)c1ccc2c(Br)cncc2c1. The molecule has 26 heavy (non-hydrogen) atoms. The van der Waals surface area contributed by atoms with Crippen molar-refractivity contribution >= 4 is 36.8 Å². The van der Waals surface area contributed by atoms with Gasteiger partial charge in [0.05, 0.1) is 0 Å². The van der Waals surface area contributed by atoms with Crippen molar-refractivity contribution < 1.29 is 34.6 Å². The Bertz CT molecular complexity index is 1120. The van der Waals surface area contributed by atoms with Gasteiger partial charge in [0.15, 0.2) is 0 Å². The fourth-order valence-electron chi connectivity index (χ4n) is 2.09. The molecule has 1 heterocycles. The third kappa shape index (κ3) is 3.01. The topological polar surface area (TPSA) is 56.3 Å². The monoisotopic (exact) mass is 453 g/mol. The van der Waals surface area contributed by atoms with E-state index in [-0.39, 0.29) is 0 Å². The number of rotatable bonds is 3. The van der Waals surface area contributed by atoms with E-state index in [1.165, 1.54) is 18.5 Å². The normalized spacial score (nSPS) is 11.8. The first-order chi connectivity index (χ1) is 12.1. The largest absolute Gasteiger partial charge is 0.372 e. The van der Waals surface area contributed by atoms with Gasteiger partial charge in [0.2, 0.25) is 34.8 Å². The molecule has 0 aliphatic carbocycles. The van der Waals surface area contributed by atoms with Gasteiger partial charge in [-0.15, -0.1) is 0 Å². The third-order valence-electron chi connectivity index (χ3n) is 3.33. The van der Waals surface area contributed by atoms with Crippen molar-refractivity contribution in [2.24, 2.45) is 0 Å². The molecule has 0 aliphatic heterocycles. The molecular weight excluding hydrogens is 449 g/mol. The van der Waals surface area contributed by atoms with Gasteiger partial charge in [-0.3, -0.25) is 4.98 Å². The minimum Gasteiger partial charge on any atom is -0.372 e. The summed E-state index contributed by atoms with van der Waals surface area (Å²) in [6.07, 6.45) is 2.78. The summed E-state index contributed by atoms with van der Waals surface area (Å²) in [4.78, 5) is 3.28. The van der Waals surface area contributed by atoms with E-state index in [4.69, 9.17) is 0 Å². The predicted octanol–water partition coefficient (Wildman–Crippen LogP) is 4.46. The zero-order valence-electron chi connectivity index (χ0n) is 12.2. The molecule has 11 heteroatoms. The van der Waals surface area contributed by atoms with Gasteiger partial charge in [-0.05, 0) is 33.4 Å². The lowest BCUT2D eigenvalue weighted by Gasteiger charge is -2.11. The Morgan fingerprint density at radius 3 is 2.08 bits per heavy atom. The number of hydrogen-bond donors (Lipinski definition) is 0. The van der Waals surface area contributed by atoms with E-state index in [1.54, 1.807) is 0 Å². The van der Waals surface area contributed by atoms with Crippen LogP contribution in [0.3, 0.4) is 0 Å². The second-order valence-corrected chi connectivity index (χ2v) is 7.34. The highest BCUT2D eigenvalue weighted by Gasteiger charge is 2.31. The van der Waals surface area contributed by atoms with E-state index in [0.29, 0.717) is 15.2 Å². The Kier molecular flexibility index (Phi) is 4.61. The van der Waals surface area contributed by atoms with E-state index in [1.807, 2.05) is 0 Å². The average Bonchev–Trinajstić information content (AvgIpc) is 2.62. The number of nitrogens with zero attached hydrogens (tertiary/aromatic N) is 1. The van der Waals surface area contributed by atoms with Crippen molar-refractivity contribution in [3.8, 4) is 5.75 Å². The molecule has 136 valence electrons. The lowest BCUT2D eigenvalue weighted by molar-refractivity contribution is 0.346. The van der Waals surface area contributed by atoms with Gasteiger partial charge in [-0.1, -0.05) is 6.07 Å². The minimum atomic E-state index is -4.89. The van der Waals surface area contributed by atoms with Gasteiger partial charge < -0.3 is 4.18 Å². The Morgan fingerprint density at radius 2 is 1.46 bits per heavy atom. The van der Waals surface area contributed by atoms with Crippen LogP contribution in [0.2, 0.25) is 0 Å². The van der Waals surface area contributed by atoms with Crippen LogP contribution < -0.4 is 4.18 Å². The summed E-state index contributed by atoms with van der Waals surface area (Å²) in [6.45, 7) is 0. The third-order valence-corrected chi connectivity index (χ3v) is 5.18. The van der Waals surface area contributed by atoms with Crippen molar-refractivity contribution in [2.45, 2.75) is 4.90 Å². The molecule has 0 unspecified atom stereocenters. The van der Waals surface area contributed by atoms with Gasteiger partial charge in [0, 0.05) is 22.3 Å². The molecule has 0 saturated carbocycles. The Labute approximate surface area is 151 Å². The van der Waals surface area contributed by atoms with E-state index in [2.05, 4.69) is 25.1 Å². The standard InChI is InChI=1S/C15H5BrF5NO3S/c16-9-5-22-4-6-3-7(1-2-8(6)9)26(23,24)25-15-13(20)11(18)10(17)12(19)14(15)21/h1-5H. The zero-order chi connectivity index (χ0) is 19.2. The first kappa shape index (κ1) is 18.5. The number of halogens is 6. The highest BCUT2D eigenvalue weighted by Crippen LogP contribution is 2.32. The van der Waals surface area contributed by atoms with Gasteiger partial charge in [0.25, 0.3) is 0 Å². The van der Waals surface area contributed by atoms with E-state index < -0.39 is 49.8 Å². The van der Waals surface area contributed by atoms with Crippen molar-refractivity contribution in [2.75, 3.05) is 0 Å². The summed E-state index contributed by atoms with van der Waals surface area (Å²) < 4.78 is 95.8. The van der Waals surface area contributed by atoms with Crippen molar-refractivity contribution in [3.05, 3.63) is 64.2 Å². The minimum absolute atomic E-state index is 0.335. The molecular formula is C15H5BrF5NO3S. The molecule has 0 radical (unpaired) electrons. The fourth-order valence-corrected chi connectivity index (χ4v) is 3.54. The quantitative estimate of drug-likeness (QED) is 0.254. The molecule has 4 nitrogen and oxygen atoms in total. The molecule has 1 aromatic heterocycles. The summed E-state index contributed by atoms with van der Waals surface area (Å²) in [5, 5.41) is 0.914. The Hall–Kier alpha value is -2.27. The van der Waals surface area contributed by atoms with Crippen LogP contribution in [-0.2, 0) is 10.1 Å². The van der Waals surface area contributed by atoms with Gasteiger partial charge in [-0.2, -0.15) is 17.2 Å². The van der Waals surface area contributed by atoms with Crippen LogP contribution in [0.1, 0.15) is 0 Å².